The lowest BCUT2D eigenvalue weighted by atomic mass is 10.00. The van der Waals surface area contributed by atoms with Gasteiger partial charge in [0.25, 0.3) is 0 Å². The molecule has 6 heteroatoms. The van der Waals surface area contributed by atoms with E-state index in [1.165, 1.54) is 9.80 Å². The van der Waals surface area contributed by atoms with Gasteiger partial charge in [0, 0.05) is 19.2 Å². The highest BCUT2D eigenvalue weighted by Gasteiger charge is 2.46. The molecule has 0 radical (unpaired) electrons. The Morgan fingerprint density at radius 2 is 2.32 bits per heavy atom. The van der Waals surface area contributed by atoms with E-state index in [-0.39, 0.29) is 6.03 Å². The van der Waals surface area contributed by atoms with Crippen LogP contribution < -0.4 is 0 Å². The van der Waals surface area contributed by atoms with E-state index in [9.17, 15) is 14.7 Å². The van der Waals surface area contributed by atoms with Crippen molar-refractivity contribution < 1.29 is 19.1 Å². The van der Waals surface area contributed by atoms with E-state index < -0.39 is 11.5 Å². The van der Waals surface area contributed by atoms with Gasteiger partial charge in [-0.05, 0) is 25.8 Å². The highest BCUT2D eigenvalue weighted by atomic mass is 16.4. The van der Waals surface area contributed by atoms with Gasteiger partial charge in [0.2, 0.25) is 0 Å². The van der Waals surface area contributed by atoms with Crippen LogP contribution in [0, 0.1) is 0 Å². The molecule has 1 fully saturated rings. The second-order valence-electron chi connectivity index (χ2n) is 5.10. The first-order chi connectivity index (χ1) is 8.95. The van der Waals surface area contributed by atoms with Gasteiger partial charge >= 0.3 is 12.0 Å². The Bertz CT molecular complexity index is 471. The van der Waals surface area contributed by atoms with Gasteiger partial charge < -0.3 is 19.3 Å². The van der Waals surface area contributed by atoms with E-state index in [1.807, 2.05) is 0 Å². The molecule has 0 aromatic carbocycles. The van der Waals surface area contributed by atoms with Crippen molar-refractivity contribution in [2.45, 2.75) is 31.8 Å². The molecule has 1 aromatic heterocycles. The molecular formula is C13H18N2O4. The fraction of sp³-hybridized carbons (Fsp3) is 0.538. The van der Waals surface area contributed by atoms with Gasteiger partial charge in [0.1, 0.15) is 5.54 Å². The van der Waals surface area contributed by atoms with Crippen molar-refractivity contribution >= 4 is 12.0 Å². The van der Waals surface area contributed by atoms with Gasteiger partial charge in [-0.2, -0.15) is 0 Å². The molecule has 1 saturated heterocycles. The van der Waals surface area contributed by atoms with Crippen molar-refractivity contribution in [2.75, 3.05) is 13.6 Å². The Balaban J connectivity index is 2.08. The maximum absolute atomic E-state index is 12.3. The first-order valence-corrected chi connectivity index (χ1v) is 6.22. The Morgan fingerprint density at radius 3 is 2.89 bits per heavy atom. The number of furan rings is 1. The van der Waals surface area contributed by atoms with Crippen LogP contribution >= 0.6 is 0 Å². The van der Waals surface area contributed by atoms with Crippen molar-refractivity contribution in [3.05, 3.63) is 24.2 Å². The summed E-state index contributed by atoms with van der Waals surface area (Å²) in [6, 6.07) is 1.52. The van der Waals surface area contributed by atoms with E-state index in [1.54, 1.807) is 32.6 Å². The van der Waals surface area contributed by atoms with Gasteiger partial charge in [-0.25, -0.2) is 9.59 Å². The Labute approximate surface area is 111 Å². The normalized spacial score (nSPS) is 22.5. The summed E-state index contributed by atoms with van der Waals surface area (Å²) in [7, 11) is 1.66. The molecule has 2 amide bonds. The first kappa shape index (κ1) is 13.5. The van der Waals surface area contributed by atoms with E-state index in [4.69, 9.17) is 4.42 Å². The molecule has 0 aliphatic carbocycles. The van der Waals surface area contributed by atoms with E-state index in [0.717, 1.165) is 5.56 Å². The number of carbonyl (C=O) groups excluding carboxylic acids is 1. The summed E-state index contributed by atoms with van der Waals surface area (Å²) in [5, 5.41) is 9.30. The number of carboxylic acids is 1. The largest absolute Gasteiger partial charge is 0.480 e. The quantitative estimate of drug-likeness (QED) is 0.904. The fourth-order valence-electron chi connectivity index (χ4n) is 2.42. The second kappa shape index (κ2) is 4.95. The van der Waals surface area contributed by atoms with Crippen molar-refractivity contribution in [1.29, 1.82) is 0 Å². The molecule has 6 nitrogen and oxygen atoms in total. The minimum atomic E-state index is -1.10. The summed E-state index contributed by atoms with van der Waals surface area (Å²) in [6.07, 6.45) is 4.33. The van der Waals surface area contributed by atoms with Crippen LogP contribution in [0.15, 0.2) is 23.0 Å². The lowest BCUT2D eigenvalue weighted by Gasteiger charge is -2.34. The molecule has 0 bridgehead atoms. The molecular weight excluding hydrogens is 248 g/mol. The SMILES string of the molecule is CN(Cc1ccoc1)C(=O)N1CCCC1(C)C(=O)O. The van der Waals surface area contributed by atoms with Crippen LogP contribution in [0.4, 0.5) is 4.79 Å². The van der Waals surface area contributed by atoms with Gasteiger partial charge in [0.05, 0.1) is 19.1 Å². The minimum Gasteiger partial charge on any atom is -0.480 e. The number of rotatable bonds is 3. The second-order valence-corrected chi connectivity index (χ2v) is 5.10. The maximum atomic E-state index is 12.3. The van der Waals surface area contributed by atoms with Gasteiger partial charge in [-0.15, -0.1) is 0 Å². The minimum absolute atomic E-state index is 0.261. The summed E-state index contributed by atoms with van der Waals surface area (Å²) >= 11 is 0. The lowest BCUT2D eigenvalue weighted by molar-refractivity contribution is -0.147. The monoisotopic (exact) mass is 266 g/mol. The zero-order chi connectivity index (χ0) is 14.0. The number of carboxylic acid groups (broad SMARTS) is 1. The van der Waals surface area contributed by atoms with E-state index >= 15 is 0 Å². The maximum Gasteiger partial charge on any atom is 0.329 e. The highest BCUT2D eigenvalue weighted by molar-refractivity contribution is 5.86. The lowest BCUT2D eigenvalue weighted by Crippen LogP contribution is -2.54. The predicted octanol–water partition coefficient (Wildman–Crippen LogP) is 1.77. The summed E-state index contributed by atoms with van der Waals surface area (Å²) in [5.74, 6) is -0.949. The number of hydrogen-bond acceptors (Lipinski definition) is 3. The molecule has 2 rings (SSSR count). The summed E-state index contributed by atoms with van der Waals surface area (Å²) in [6.45, 7) is 2.49. The topological polar surface area (TPSA) is 74.0 Å². The molecule has 1 aromatic rings. The molecule has 2 heterocycles. The fourth-order valence-corrected chi connectivity index (χ4v) is 2.42. The number of nitrogens with zero attached hydrogens (tertiary/aromatic N) is 2. The number of amides is 2. The van der Waals surface area contributed by atoms with Gasteiger partial charge in [-0.1, -0.05) is 0 Å². The number of urea groups is 1. The molecule has 1 unspecified atom stereocenters. The zero-order valence-electron chi connectivity index (χ0n) is 11.1. The number of carbonyl (C=O) groups is 2. The highest BCUT2D eigenvalue weighted by Crippen LogP contribution is 2.30. The average Bonchev–Trinajstić information content (AvgIpc) is 2.98. The van der Waals surface area contributed by atoms with E-state index in [0.29, 0.717) is 25.9 Å². The molecule has 0 saturated carbocycles. The Kier molecular flexibility index (Phi) is 3.50. The van der Waals surface area contributed by atoms with Crippen LogP contribution in [0.1, 0.15) is 25.3 Å². The first-order valence-electron chi connectivity index (χ1n) is 6.22. The Hall–Kier alpha value is -1.98. The molecule has 0 spiro atoms. The van der Waals surface area contributed by atoms with Gasteiger partial charge in [0.15, 0.2) is 0 Å². The summed E-state index contributed by atoms with van der Waals surface area (Å²) in [5.41, 5.74) is -0.214. The van der Waals surface area contributed by atoms with Crippen LogP contribution in [0.5, 0.6) is 0 Å². The van der Waals surface area contributed by atoms with Crippen LogP contribution in [-0.2, 0) is 11.3 Å². The predicted molar refractivity (Wildman–Crippen MR) is 67.6 cm³/mol. The Morgan fingerprint density at radius 1 is 1.58 bits per heavy atom. The molecule has 1 N–H and O–H groups in total. The third-order valence-electron chi connectivity index (χ3n) is 3.66. The molecule has 1 atom stereocenters. The third kappa shape index (κ3) is 2.43. The van der Waals surface area contributed by atoms with Gasteiger partial charge in [-0.3, -0.25) is 0 Å². The van der Waals surface area contributed by atoms with Crippen molar-refractivity contribution in [3.8, 4) is 0 Å². The van der Waals surface area contributed by atoms with Crippen molar-refractivity contribution in [3.63, 3.8) is 0 Å². The zero-order valence-corrected chi connectivity index (χ0v) is 11.1. The van der Waals surface area contributed by atoms with Crippen molar-refractivity contribution in [1.82, 2.24) is 9.80 Å². The molecule has 1 aliphatic rings. The standard InChI is InChI=1S/C13H18N2O4/c1-13(11(16)17)5-3-6-15(13)12(18)14(2)8-10-4-7-19-9-10/h4,7,9H,3,5-6,8H2,1-2H3,(H,16,17). The smallest absolute Gasteiger partial charge is 0.329 e. The number of likely N-dealkylation sites (tertiary alicyclic amines) is 1. The van der Waals surface area contributed by atoms with Crippen LogP contribution in [-0.4, -0.2) is 46.0 Å². The third-order valence-corrected chi connectivity index (χ3v) is 3.66. The van der Waals surface area contributed by atoms with Crippen LogP contribution in [0.25, 0.3) is 0 Å². The number of aliphatic carboxylic acids is 1. The van der Waals surface area contributed by atoms with E-state index in [2.05, 4.69) is 0 Å². The van der Waals surface area contributed by atoms with Crippen LogP contribution in [0.3, 0.4) is 0 Å². The molecule has 19 heavy (non-hydrogen) atoms. The van der Waals surface area contributed by atoms with Crippen LogP contribution in [0.2, 0.25) is 0 Å². The average molecular weight is 266 g/mol. The summed E-state index contributed by atoms with van der Waals surface area (Å²) in [4.78, 5) is 26.7. The molecule has 104 valence electrons. The summed E-state index contributed by atoms with van der Waals surface area (Å²) < 4.78 is 4.95. The number of hydrogen-bond donors (Lipinski definition) is 1. The molecule has 1 aliphatic heterocycles. The van der Waals surface area contributed by atoms with Crippen molar-refractivity contribution in [2.24, 2.45) is 0 Å².